The van der Waals surface area contributed by atoms with E-state index in [1.807, 2.05) is 31.2 Å². The van der Waals surface area contributed by atoms with Gasteiger partial charge in [-0.1, -0.05) is 31.2 Å². The third-order valence-corrected chi connectivity index (χ3v) is 5.25. The third kappa shape index (κ3) is 5.24. The van der Waals surface area contributed by atoms with E-state index in [4.69, 9.17) is 9.47 Å². The highest BCUT2D eigenvalue weighted by Crippen LogP contribution is 2.47. The molecule has 0 spiro atoms. The van der Waals surface area contributed by atoms with Crippen molar-refractivity contribution in [3.05, 3.63) is 35.4 Å². The Morgan fingerprint density at radius 3 is 2.07 bits per heavy atom. The van der Waals surface area contributed by atoms with Gasteiger partial charge in [-0.3, -0.25) is 14.4 Å². The SMILES string of the molecule is CCc1ccc([C@H]2[C@@H](C(=O)OC(C)C)C(=O)C[C@@](C)(O)[C@@H]2C(=O)OC(C)C)cc1. The Morgan fingerprint density at radius 2 is 1.59 bits per heavy atom. The van der Waals surface area contributed by atoms with Crippen LogP contribution in [0.5, 0.6) is 0 Å². The summed E-state index contributed by atoms with van der Waals surface area (Å²) in [5, 5.41) is 11.0. The fourth-order valence-electron chi connectivity index (χ4n) is 4.00. The molecule has 0 saturated heterocycles. The predicted molar refractivity (Wildman–Crippen MR) is 108 cm³/mol. The van der Waals surface area contributed by atoms with E-state index < -0.39 is 47.2 Å². The Kier molecular flexibility index (Phi) is 7.22. The zero-order valence-electron chi connectivity index (χ0n) is 18.1. The molecule has 0 bridgehead atoms. The lowest BCUT2D eigenvalue weighted by Crippen LogP contribution is -2.55. The fourth-order valence-corrected chi connectivity index (χ4v) is 4.00. The highest BCUT2D eigenvalue weighted by atomic mass is 16.5. The Labute approximate surface area is 172 Å². The van der Waals surface area contributed by atoms with Crippen LogP contribution in [0.15, 0.2) is 24.3 Å². The lowest BCUT2D eigenvalue weighted by Gasteiger charge is -2.44. The molecule has 29 heavy (non-hydrogen) atoms. The monoisotopic (exact) mass is 404 g/mol. The first-order valence-corrected chi connectivity index (χ1v) is 10.2. The van der Waals surface area contributed by atoms with Crippen molar-refractivity contribution in [3.8, 4) is 0 Å². The van der Waals surface area contributed by atoms with Gasteiger partial charge < -0.3 is 14.6 Å². The molecule has 1 aliphatic rings. The number of esters is 2. The second-order valence-electron chi connectivity index (χ2n) is 8.55. The predicted octanol–water partition coefficient (Wildman–Crippen LogP) is 3.19. The zero-order valence-corrected chi connectivity index (χ0v) is 18.1. The number of hydrogen-bond donors (Lipinski definition) is 1. The highest BCUT2D eigenvalue weighted by molar-refractivity contribution is 6.02. The maximum Gasteiger partial charge on any atom is 0.317 e. The molecule has 6 nitrogen and oxygen atoms in total. The summed E-state index contributed by atoms with van der Waals surface area (Å²) >= 11 is 0. The van der Waals surface area contributed by atoms with Crippen LogP contribution in [0.4, 0.5) is 0 Å². The Balaban J connectivity index is 2.60. The molecule has 4 atom stereocenters. The van der Waals surface area contributed by atoms with Crippen LogP contribution >= 0.6 is 0 Å². The van der Waals surface area contributed by atoms with Crippen molar-refractivity contribution in [2.75, 3.05) is 0 Å². The first-order chi connectivity index (χ1) is 13.5. The Morgan fingerprint density at radius 1 is 1.07 bits per heavy atom. The van der Waals surface area contributed by atoms with Crippen LogP contribution in [0.2, 0.25) is 0 Å². The van der Waals surface area contributed by atoms with Crippen LogP contribution < -0.4 is 0 Å². The minimum Gasteiger partial charge on any atom is -0.463 e. The van der Waals surface area contributed by atoms with Crippen molar-refractivity contribution < 1.29 is 29.0 Å². The number of carbonyl (C=O) groups excluding carboxylic acids is 3. The lowest BCUT2D eigenvalue weighted by atomic mass is 9.61. The molecule has 0 radical (unpaired) electrons. The standard InChI is InChI=1S/C23H32O6/c1-7-15-8-10-16(11-9-15)18-19(21(25)28-13(2)3)17(24)12-23(6,27)20(18)22(26)29-14(4)5/h8-11,13-14,18-20,27H,7,12H2,1-6H3/t18-,19-,20-,23+/m0/s1. The number of carbonyl (C=O) groups is 3. The van der Waals surface area contributed by atoms with Crippen molar-refractivity contribution in [1.82, 2.24) is 0 Å². The first-order valence-electron chi connectivity index (χ1n) is 10.2. The first kappa shape index (κ1) is 23.1. The molecule has 1 aliphatic carbocycles. The third-order valence-electron chi connectivity index (χ3n) is 5.25. The van der Waals surface area contributed by atoms with E-state index in [-0.39, 0.29) is 12.5 Å². The van der Waals surface area contributed by atoms with Crippen LogP contribution in [0, 0.1) is 11.8 Å². The smallest absolute Gasteiger partial charge is 0.317 e. The molecule has 0 heterocycles. The number of rotatable bonds is 6. The number of ketones is 1. The van der Waals surface area contributed by atoms with Crippen LogP contribution in [0.1, 0.15) is 65.0 Å². The average molecular weight is 405 g/mol. The molecule has 2 rings (SSSR count). The van der Waals surface area contributed by atoms with Crippen LogP contribution in [0.25, 0.3) is 0 Å². The lowest BCUT2D eigenvalue weighted by molar-refractivity contribution is -0.176. The van der Waals surface area contributed by atoms with Gasteiger partial charge in [-0.2, -0.15) is 0 Å². The number of aliphatic hydroxyl groups is 1. The van der Waals surface area contributed by atoms with E-state index in [0.29, 0.717) is 5.56 Å². The summed E-state index contributed by atoms with van der Waals surface area (Å²) in [5.74, 6) is -4.83. The van der Waals surface area contributed by atoms with E-state index in [2.05, 4.69) is 0 Å². The van der Waals surface area contributed by atoms with Gasteiger partial charge in [-0.15, -0.1) is 0 Å². The van der Waals surface area contributed by atoms with E-state index in [1.165, 1.54) is 6.92 Å². The molecule has 160 valence electrons. The van der Waals surface area contributed by atoms with Crippen molar-refractivity contribution in [2.45, 2.75) is 78.1 Å². The maximum absolute atomic E-state index is 13.0. The van der Waals surface area contributed by atoms with Gasteiger partial charge in [-0.05, 0) is 52.2 Å². The van der Waals surface area contributed by atoms with Crippen molar-refractivity contribution in [1.29, 1.82) is 0 Å². The van der Waals surface area contributed by atoms with Crippen molar-refractivity contribution in [3.63, 3.8) is 0 Å². The second kappa shape index (κ2) is 9.08. The summed E-state index contributed by atoms with van der Waals surface area (Å²) in [5.41, 5.74) is 0.0865. The van der Waals surface area contributed by atoms with E-state index >= 15 is 0 Å². The van der Waals surface area contributed by atoms with Gasteiger partial charge in [0.25, 0.3) is 0 Å². The van der Waals surface area contributed by atoms with Crippen molar-refractivity contribution in [2.24, 2.45) is 11.8 Å². The molecule has 1 saturated carbocycles. The van der Waals surface area contributed by atoms with Gasteiger partial charge in [0.2, 0.25) is 0 Å². The van der Waals surface area contributed by atoms with Crippen molar-refractivity contribution >= 4 is 17.7 Å². The number of Topliss-reactive ketones (excluding diaryl/α,β-unsaturated/α-hetero) is 1. The maximum atomic E-state index is 13.0. The van der Waals surface area contributed by atoms with E-state index in [0.717, 1.165) is 12.0 Å². The highest BCUT2D eigenvalue weighted by Gasteiger charge is 2.57. The summed E-state index contributed by atoms with van der Waals surface area (Å²) < 4.78 is 10.7. The number of benzene rings is 1. The topological polar surface area (TPSA) is 89.9 Å². The quantitative estimate of drug-likeness (QED) is 0.578. The minimum absolute atomic E-state index is 0.313. The van der Waals surface area contributed by atoms with Gasteiger partial charge in [0, 0.05) is 12.3 Å². The van der Waals surface area contributed by atoms with Gasteiger partial charge in [0.05, 0.1) is 23.7 Å². The number of aryl methyl sites for hydroxylation is 1. The molecule has 0 amide bonds. The van der Waals surface area contributed by atoms with Gasteiger partial charge in [-0.25, -0.2) is 0 Å². The molecule has 0 unspecified atom stereocenters. The van der Waals surface area contributed by atoms with Gasteiger partial charge >= 0.3 is 11.9 Å². The molecular weight excluding hydrogens is 372 g/mol. The summed E-state index contributed by atoms with van der Waals surface area (Å²) in [6, 6.07) is 7.42. The normalized spacial score (nSPS) is 27.2. The molecule has 0 aliphatic heterocycles. The molecule has 1 N–H and O–H groups in total. The summed E-state index contributed by atoms with van der Waals surface area (Å²) in [7, 11) is 0. The summed E-state index contributed by atoms with van der Waals surface area (Å²) in [6.45, 7) is 10.3. The van der Waals surface area contributed by atoms with E-state index in [1.54, 1.807) is 27.7 Å². The molecular formula is C23H32O6. The fraction of sp³-hybridized carbons (Fsp3) is 0.609. The molecule has 1 fully saturated rings. The summed E-state index contributed by atoms with van der Waals surface area (Å²) in [4.78, 5) is 38.7. The Bertz CT molecular complexity index is 739. The molecule has 1 aromatic carbocycles. The molecule has 6 heteroatoms. The Hall–Kier alpha value is -2.21. The largest absolute Gasteiger partial charge is 0.463 e. The molecule has 1 aromatic rings. The van der Waals surface area contributed by atoms with Gasteiger partial charge in [0.15, 0.2) is 5.78 Å². The van der Waals surface area contributed by atoms with Crippen LogP contribution in [-0.2, 0) is 30.3 Å². The number of ether oxygens (including phenoxy) is 2. The average Bonchev–Trinajstić information content (AvgIpc) is 2.58. The van der Waals surface area contributed by atoms with Crippen LogP contribution in [-0.4, -0.2) is 40.6 Å². The van der Waals surface area contributed by atoms with Gasteiger partial charge in [0.1, 0.15) is 5.92 Å². The van der Waals surface area contributed by atoms with E-state index in [9.17, 15) is 19.5 Å². The summed E-state index contributed by atoms with van der Waals surface area (Å²) in [6.07, 6.45) is -0.270. The number of hydrogen-bond acceptors (Lipinski definition) is 6. The zero-order chi connectivity index (χ0) is 21.9. The minimum atomic E-state index is -1.63. The van der Waals surface area contributed by atoms with Crippen LogP contribution in [0.3, 0.4) is 0 Å². The molecule has 0 aromatic heterocycles. The second-order valence-corrected chi connectivity index (χ2v) is 8.55.